The van der Waals surface area contributed by atoms with E-state index in [4.69, 9.17) is 8.94 Å². The molecule has 2 aromatic carbocycles. The maximum Gasteiger partial charge on any atom is 0.295 e. The number of amides is 1. The first-order valence-electron chi connectivity index (χ1n) is 10.5. The predicted octanol–water partition coefficient (Wildman–Crippen LogP) is 4.29. The summed E-state index contributed by atoms with van der Waals surface area (Å²) in [6, 6.07) is 15.5. The van der Waals surface area contributed by atoms with Crippen LogP contribution in [0, 0.1) is 6.92 Å². The van der Waals surface area contributed by atoms with Crippen LogP contribution < -0.4 is 5.32 Å². The Balaban J connectivity index is 1.36. The highest BCUT2D eigenvalue weighted by Crippen LogP contribution is 2.27. The Bertz CT molecular complexity index is 1180. The molecule has 4 aromatic rings. The van der Waals surface area contributed by atoms with E-state index in [0.29, 0.717) is 41.9 Å². The Morgan fingerprint density at radius 3 is 2.81 bits per heavy atom. The highest BCUT2D eigenvalue weighted by atomic mass is 16.5. The molecule has 158 valence electrons. The molecule has 2 aromatic heterocycles. The van der Waals surface area contributed by atoms with Gasteiger partial charge in [0.05, 0.1) is 11.1 Å². The van der Waals surface area contributed by atoms with Crippen molar-refractivity contribution in [2.45, 2.75) is 32.2 Å². The molecule has 1 amide bonds. The molecule has 8 nitrogen and oxygen atoms in total. The lowest BCUT2D eigenvalue weighted by atomic mass is 9.99. The molecular formula is C23H23N5O3. The number of nitrogens with one attached hydrogen (secondary N) is 1. The highest BCUT2D eigenvalue weighted by Gasteiger charge is 2.30. The normalized spacial score (nSPS) is 16.5. The predicted molar refractivity (Wildman–Crippen MR) is 116 cm³/mol. The zero-order chi connectivity index (χ0) is 21.2. The minimum Gasteiger partial charge on any atom is -0.424 e. The Labute approximate surface area is 179 Å². The fraction of sp³-hybridized carbons (Fsp3) is 0.304. The molecule has 1 fully saturated rings. The van der Waals surface area contributed by atoms with E-state index in [1.165, 1.54) is 0 Å². The number of aromatic nitrogens is 3. The zero-order valence-electron chi connectivity index (χ0n) is 17.2. The number of aryl methyl sites for hydroxylation is 1. The number of rotatable bonds is 5. The summed E-state index contributed by atoms with van der Waals surface area (Å²) < 4.78 is 11.1. The third-order valence-electron chi connectivity index (χ3n) is 5.59. The van der Waals surface area contributed by atoms with Crippen LogP contribution in [-0.2, 0) is 0 Å². The van der Waals surface area contributed by atoms with Gasteiger partial charge in [-0.3, -0.25) is 4.79 Å². The molecule has 0 bridgehead atoms. The van der Waals surface area contributed by atoms with E-state index in [9.17, 15) is 4.79 Å². The smallest absolute Gasteiger partial charge is 0.295 e. The van der Waals surface area contributed by atoms with Gasteiger partial charge in [0.2, 0.25) is 0 Å². The van der Waals surface area contributed by atoms with Crippen LogP contribution in [0.4, 0.5) is 6.01 Å². The number of hydrogen-bond acceptors (Lipinski definition) is 7. The van der Waals surface area contributed by atoms with E-state index < -0.39 is 0 Å². The summed E-state index contributed by atoms with van der Waals surface area (Å²) in [5, 5.41) is 7.14. The lowest BCUT2D eigenvalue weighted by Crippen LogP contribution is -2.47. The number of carbonyl (C=O) groups excluding carboxylic acids is 1. The third kappa shape index (κ3) is 3.88. The lowest BCUT2D eigenvalue weighted by molar-refractivity contribution is 0.0628. The number of benzene rings is 2. The molecule has 1 N–H and O–H groups in total. The fourth-order valence-corrected chi connectivity index (χ4v) is 4.05. The molecule has 3 heterocycles. The minimum absolute atomic E-state index is 0.0319. The van der Waals surface area contributed by atoms with Crippen molar-refractivity contribution in [3.63, 3.8) is 0 Å². The quantitative estimate of drug-likeness (QED) is 0.517. The number of hydrogen-bond donors (Lipinski definition) is 1. The fourth-order valence-electron chi connectivity index (χ4n) is 4.05. The maximum absolute atomic E-state index is 13.5. The summed E-state index contributed by atoms with van der Waals surface area (Å²) in [6.07, 6.45) is 2.97. The number of oxazole rings is 1. The van der Waals surface area contributed by atoms with Gasteiger partial charge >= 0.3 is 0 Å². The first-order valence-corrected chi connectivity index (χ1v) is 10.5. The SMILES string of the molecule is Cc1noc(-c2ccccc2C(=O)N2CCCC[C@H]2CNc2nc3ccccc3o2)n1. The summed E-state index contributed by atoms with van der Waals surface area (Å²) in [4.78, 5) is 24.2. The Morgan fingerprint density at radius 2 is 1.97 bits per heavy atom. The Morgan fingerprint density at radius 1 is 1.13 bits per heavy atom. The molecule has 0 saturated carbocycles. The molecule has 1 saturated heterocycles. The first-order chi connectivity index (χ1) is 15.2. The monoisotopic (exact) mass is 417 g/mol. The average molecular weight is 417 g/mol. The number of piperidine rings is 1. The Kier molecular flexibility index (Phi) is 5.11. The van der Waals surface area contributed by atoms with Crippen LogP contribution in [0.25, 0.3) is 22.6 Å². The van der Waals surface area contributed by atoms with Crippen LogP contribution in [0.2, 0.25) is 0 Å². The molecule has 31 heavy (non-hydrogen) atoms. The van der Waals surface area contributed by atoms with Gasteiger partial charge in [0.15, 0.2) is 11.4 Å². The molecule has 0 aliphatic carbocycles. The van der Waals surface area contributed by atoms with Crippen LogP contribution in [-0.4, -0.2) is 45.1 Å². The second-order valence-corrected chi connectivity index (χ2v) is 7.71. The van der Waals surface area contributed by atoms with E-state index in [2.05, 4.69) is 20.4 Å². The first kappa shape index (κ1) is 19.3. The van der Waals surface area contributed by atoms with Gasteiger partial charge < -0.3 is 19.2 Å². The second kappa shape index (κ2) is 8.22. The van der Waals surface area contributed by atoms with Crippen molar-refractivity contribution in [1.29, 1.82) is 0 Å². The second-order valence-electron chi connectivity index (χ2n) is 7.71. The van der Waals surface area contributed by atoms with Crippen molar-refractivity contribution >= 4 is 23.0 Å². The van der Waals surface area contributed by atoms with Gasteiger partial charge in [0.1, 0.15) is 5.52 Å². The standard InChI is InChI=1S/C23H23N5O3/c1-15-25-21(31-27-15)17-9-2-3-10-18(17)22(29)28-13-7-6-8-16(28)14-24-23-26-19-11-4-5-12-20(19)30-23/h2-5,9-12,16H,6-8,13-14H2,1H3,(H,24,26)/t16-/m0/s1. The number of carbonyl (C=O) groups is 1. The topological polar surface area (TPSA) is 97.3 Å². The summed E-state index contributed by atoms with van der Waals surface area (Å²) in [5.74, 6) is 0.866. The van der Waals surface area contributed by atoms with Crippen molar-refractivity contribution in [2.24, 2.45) is 0 Å². The molecule has 1 aliphatic rings. The van der Waals surface area contributed by atoms with Gasteiger partial charge in [-0.1, -0.05) is 29.4 Å². The van der Waals surface area contributed by atoms with E-state index >= 15 is 0 Å². The van der Waals surface area contributed by atoms with Crippen LogP contribution in [0.5, 0.6) is 0 Å². The lowest BCUT2D eigenvalue weighted by Gasteiger charge is -2.36. The third-order valence-corrected chi connectivity index (χ3v) is 5.59. The molecule has 0 unspecified atom stereocenters. The van der Waals surface area contributed by atoms with Gasteiger partial charge in [-0.2, -0.15) is 9.97 Å². The number of nitrogens with zero attached hydrogens (tertiary/aromatic N) is 4. The van der Waals surface area contributed by atoms with Gasteiger partial charge in [-0.15, -0.1) is 0 Å². The van der Waals surface area contributed by atoms with E-state index in [1.54, 1.807) is 6.92 Å². The maximum atomic E-state index is 13.5. The largest absolute Gasteiger partial charge is 0.424 e. The summed E-state index contributed by atoms with van der Waals surface area (Å²) in [7, 11) is 0. The molecular weight excluding hydrogens is 394 g/mol. The van der Waals surface area contributed by atoms with Crippen molar-refractivity contribution in [1.82, 2.24) is 20.0 Å². The summed E-state index contributed by atoms with van der Waals surface area (Å²) in [6.45, 7) is 3.03. The Hall–Kier alpha value is -3.68. The minimum atomic E-state index is -0.0319. The van der Waals surface area contributed by atoms with Gasteiger partial charge in [-0.25, -0.2) is 0 Å². The van der Waals surface area contributed by atoms with E-state index in [-0.39, 0.29) is 11.9 Å². The molecule has 1 aliphatic heterocycles. The van der Waals surface area contributed by atoms with Crippen molar-refractivity contribution < 1.29 is 13.7 Å². The van der Waals surface area contributed by atoms with Crippen molar-refractivity contribution in [2.75, 3.05) is 18.4 Å². The molecule has 1 atom stereocenters. The van der Waals surface area contributed by atoms with Gasteiger partial charge in [0.25, 0.3) is 17.8 Å². The van der Waals surface area contributed by atoms with Gasteiger partial charge in [0, 0.05) is 19.1 Å². The van der Waals surface area contributed by atoms with Crippen molar-refractivity contribution in [3.05, 3.63) is 59.9 Å². The van der Waals surface area contributed by atoms with Crippen LogP contribution >= 0.6 is 0 Å². The number of likely N-dealkylation sites (tertiary alicyclic amines) is 1. The average Bonchev–Trinajstić information content (AvgIpc) is 3.43. The van der Waals surface area contributed by atoms with Crippen LogP contribution in [0.1, 0.15) is 35.4 Å². The van der Waals surface area contributed by atoms with Crippen LogP contribution in [0.15, 0.2) is 57.5 Å². The zero-order valence-corrected chi connectivity index (χ0v) is 17.2. The molecule has 0 radical (unpaired) electrons. The highest BCUT2D eigenvalue weighted by molar-refractivity contribution is 6.00. The molecule has 5 rings (SSSR count). The van der Waals surface area contributed by atoms with E-state index in [1.807, 2.05) is 53.4 Å². The van der Waals surface area contributed by atoms with Crippen LogP contribution in [0.3, 0.4) is 0 Å². The van der Waals surface area contributed by atoms with E-state index in [0.717, 1.165) is 30.4 Å². The molecule has 8 heteroatoms. The number of para-hydroxylation sites is 2. The summed E-state index contributed by atoms with van der Waals surface area (Å²) in [5.41, 5.74) is 2.78. The number of anilines is 1. The molecule has 0 spiro atoms. The number of fused-ring (bicyclic) bond motifs is 1. The summed E-state index contributed by atoms with van der Waals surface area (Å²) >= 11 is 0. The van der Waals surface area contributed by atoms with Crippen molar-refractivity contribution in [3.8, 4) is 11.5 Å². The van der Waals surface area contributed by atoms with Gasteiger partial charge in [-0.05, 0) is 50.5 Å².